The Morgan fingerprint density at radius 2 is 2.35 bits per heavy atom. The summed E-state index contributed by atoms with van der Waals surface area (Å²) in [6.45, 7) is 3.90. The van der Waals surface area contributed by atoms with Crippen molar-refractivity contribution in [2.45, 2.75) is 26.1 Å². The van der Waals surface area contributed by atoms with Crippen LogP contribution in [0, 0.1) is 0 Å². The summed E-state index contributed by atoms with van der Waals surface area (Å²) in [5, 5.41) is 4.24. The van der Waals surface area contributed by atoms with Gasteiger partial charge >= 0.3 is 0 Å². The lowest BCUT2D eigenvalue weighted by Gasteiger charge is -2.14. The van der Waals surface area contributed by atoms with Gasteiger partial charge in [0.1, 0.15) is 0 Å². The van der Waals surface area contributed by atoms with Crippen molar-refractivity contribution in [3.05, 3.63) is 53.6 Å². The van der Waals surface area contributed by atoms with Gasteiger partial charge < -0.3 is 9.88 Å². The van der Waals surface area contributed by atoms with Crippen molar-refractivity contribution < 1.29 is 0 Å². The normalized spacial score (nSPS) is 12.6. The average molecular weight is 250 g/mol. The number of hydrogen-bond acceptors (Lipinski definition) is 2. The van der Waals surface area contributed by atoms with Gasteiger partial charge in [0.15, 0.2) is 0 Å². The molecule has 1 atom stereocenters. The summed E-state index contributed by atoms with van der Waals surface area (Å²) in [7, 11) is 0. The van der Waals surface area contributed by atoms with Gasteiger partial charge in [0.05, 0.1) is 6.33 Å². The Morgan fingerprint density at radius 3 is 3.06 bits per heavy atom. The third-order valence-electron chi connectivity index (χ3n) is 2.59. The zero-order valence-electron chi connectivity index (χ0n) is 9.81. The van der Waals surface area contributed by atoms with Crippen molar-refractivity contribution in [3.63, 3.8) is 0 Å². The zero-order valence-corrected chi connectivity index (χ0v) is 10.6. The molecular formula is C13H16ClN3. The monoisotopic (exact) mass is 249 g/mol. The highest BCUT2D eigenvalue weighted by molar-refractivity contribution is 6.30. The van der Waals surface area contributed by atoms with E-state index in [-0.39, 0.29) is 0 Å². The first-order valence-electron chi connectivity index (χ1n) is 5.67. The van der Waals surface area contributed by atoms with Crippen LogP contribution >= 0.6 is 11.6 Å². The Hall–Kier alpha value is -1.32. The molecule has 90 valence electrons. The summed E-state index contributed by atoms with van der Waals surface area (Å²) < 4.78 is 2.07. The number of nitrogens with one attached hydrogen (secondary N) is 1. The molecule has 1 aromatic heterocycles. The summed E-state index contributed by atoms with van der Waals surface area (Å²) in [6, 6.07) is 8.31. The van der Waals surface area contributed by atoms with E-state index < -0.39 is 0 Å². The van der Waals surface area contributed by atoms with Crippen LogP contribution in [0.5, 0.6) is 0 Å². The van der Waals surface area contributed by atoms with Gasteiger partial charge in [0, 0.05) is 36.5 Å². The predicted octanol–water partition coefficient (Wildman–Crippen LogP) is 2.71. The maximum absolute atomic E-state index is 5.94. The Labute approximate surface area is 106 Å². The summed E-state index contributed by atoms with van der Waals surface area (Å²) in [5.74, 6) is 0. The van der Waals surface area contributed by atoms with Crippen LogP contribution in [0.25, 0.3) is 0 Å². The molecule has 0 saturated heterocycles. The Balaban J connectivity index is 1.82. The molecular weight excluding hydrogens is 234 g/mol. The molecule has 0 amide bonds. The number of benzene rings is 1. The molecule has 1 aromatic carbocycles. The lowest BCUT2D eigenvalue weighted by atomic mass is 10.2. The fourth-order valence-electron chi connectivity index (χ4n) is 1.71. The third-order valence-corrected chi connectivity index (χ3v) is 2.82. The maximum atomic E-state index is 5.94. The fraction of sp³-hybridized carbons (Fsp3) is 0.308. The van der Waals surface area contributed by atoms with Crippen LogP contribution in [-0.4, -0.2) is 15.6 Å². The molecule has 1 unspecified atom stereocenters. The van der Waals surface area contributed by atoms with Gasteiger partial charge in [-0.05, 0) is 24.6 Å². The van der Waals surface area contributed by atoms with Crippen molar-refractivity contribution in [1.29, 1.82) is 0 Å². The standard InChI is InChI=1S/C13H16ClN3/c1-11(9-17-6-5-15-10-17)16-8-12-3-2-4-13(14)7-12/h2-7,10-11,16H,8-9H2,1H3. The van der Waals surface area contributed by atoms with Gasteiger partial charge in [-0.15, -0.1) is 0 Å². The van der Waals surface area contributed by atoms with Crippen molar-refractivity contribution in [2.24, 2.45) is 0 Å². The molecule has 0 fully saturated rings. The lowest BCUT2D eigenvalue weighted by Crippen LogP contribution is -2.29. The van der Waals surface area contributed by atoms with E-state index in [9.17, 15) is 0 Å². The van der Waals surface area contributed by atoms with Crippen LogP contribution in [0.15, 0.2) is 43.0 Å². The summed E-state index contributed by atoms with van der Waals surface area (Å²) in [4.78, 5) is 4.02. The summed E-state index contributed by atoms with van der Waals surface area (Å²) >= 11 is 5.94. The Bertz CT molecular complexity index is 453. The highest BCUT2D eigenvalue weighted by atomic mass is 35.5. The summed E-state index contributed by atoms with van der Waals surface area (Å²) in [5.41, 5.74) is 1.20. The number of halogens is 1. The van der Waals surface area contributed by atoms with E-state index in [1.807, 2.05) is 30.7 Å². The van der Waals surface area contributed by atoms with Gasteiger partial charge in [-0.25, -0.2) is 4.98 Å². The number of imidazole rings is 1. The van der Waals surface area contributed by atoms with Crippen LogP contribution < -0.4 is 5.32 Å². The minimum atomic E-state index is 0.392. The first-order chi connectivity index (χ1) is 8.24. The van der Waals surface area contributed by atoms with E-state index in [0.717, 1.165) is 18.1 Å². The summed E-state index contributed by atoms with van der Waals surface area (Å²) in [6.07, 6.45) is 5.60. The number of hydrogen-bond donors (Lipinski definition) is 1. The molecule has 0 radical (unpaired) electrons. The lowest BCUT2D eigenvalue weighted by molar-refractivity contribution is 0.476. The van der Waals surface area contributed by atoms with E-state index >= 15 is 0 Å². The van der Waals surface area contributed by atoms with E-state index in [2.05, 4.69) is 27.9 Å². The largest absolute Gasteiger partial charge is 0.336 e. The van der Waals surface area contributed by atoms with Crippen molar-refractivity contribution in [1.82, 2.24) is 14.9 Å². The van der Waals surface area contributed by atoms with Crippen molar-refractivity contribution >= 4 is 11.6 Å². The van der Waals surface area contributed by atoms with Gasteiger partial charge in [-0.3, -0.25) is 0 Å². The van der Waals surface area contributed by atoms with Gasteiger partial charge in [0.25, 0.3) is 0 Å². The van der Waals surface area contributed by atoms with Gasteiger partial charge in [-0.2, -0.15) is 0 Å². The first-order valence-corrected chi connectivity index (χ1v) is 6.05. The van der Waals surface area contributed by atoms with Crippen LogP contribution in [0.1, 0.15) is 12.5 Å². The van der Waals surface area contributed by atoms with Crippen LogP contribution in [0.4, 0.5) is 0 Å². The molecule has 0 aliphatic heterocycles. The van der Waals surface area contributed by atoms with Gasteiger partial charge in [0.2, 0.25) is 0 Å². The molecule has 0 spiro atoms. The number of rotatable bonds is 5. The third kappa shape index (κ3) is 3.88. The Kier molecular flexibility index (Phi) is 4.18. The molecule has 2 aromatic rings. The highest BCUT2D eigenvalue weighted by Gasteiger charge is 2.02. The smallest absolute Gasteiger partial charge is 0.0946 e. The molecule has 3 nitrogen and oxygen atoms in total. The molecule has 0 bridgehead atoms. The van der Waals surface area contributed by atoms with E-state index in [4.69, 9.17) is 11.6 Å². The molecule has 0 aliphatic carbocycles. The minimum Gasteiger partial charge on any atom is -0.336 e. The minimum absolute atomic E-state index is 0.392. The number of aromatic nitrogens is 2. The molecule has 1 heterocycles. The molecule has 17 heavy (non-hydrogen) atoms. The second-order valence-corrected chi connectivity index (χ2v) is 4.61. The molecule has 1 N–H and O–H groups in total. The maximum Gasteiger partial charge on any atom is 0.0946 e. The zero-order chi connectivity index (χ0) is 12.1. The quantitative estimate of drug-likeness (QED) is 0.883. The second-order valence-electron chi connectivity index (χ2n) is 4.17. The number of nitrogens with zero attached hydrogens (tertiary/aromatic N) is 2. The molecule has 4 heteroatoms. The van der Waals surface area contributed by atoms with Crippen molar-refractivity contribution in [2.75, 3.05) is 0 Å². The highest BCUT2D eigenvalue weighted by Crippen LogP contribution is 2.10. The predicted molar refractivity (Wildman–Crippen MR) is 70.0 cm³/mol. The topological polar surface area (TPSA) is 29.9 Å². The average Bonchev–Trinajstić information content (AvgIpc) is 2.79. The van der Waals surface area contributed by atoms with E-state index in [0.29, 0.717) is 6.04 Å². The molecule has 0 aliphatic rings. The molecule has 0 saturated carbocycles. The van der Waals surface area contributed by atoms with Gasteiger partial charge in [-0.1, -0.05) is 23.7 Å². The SMILES string of the molecule is CC(Cn1ccnc1)NCc1cccc(Cl)c1. The van der Waals surface area contributed by atoms with E-state index in [1.165, 1.54) is 5.56 Å². The van der Waals surface area contributed by atoms with Crippen LogP contribution in [-0.2, 0) is 13.1 Å². The fourth-order valence-corrected chi connectivity index (χ4v) is 1.93. The molecule has 2 rings (SSSR count). The van der Waals surface area contributed by atoms with Crippen LogP contribution in [0.2, 0.25) is 5.02 Å². The van der Waals surface area contributed by atoms with Crippen LogP contribution in [0.3, 0.4) is 0 Å². The van der Waals surface area contributed by atoms with E-state index in [1.54, 1.807) is 6.20 Å². The first kappa shape index (κ1) is 12.1. The van der Waals surface area contributed by atoms with Crippen molar-refractivity contribution in [3.8, 4) is 0 Å². The Morgan fingerprint density at radius 1 is 1.47 bits per heavy atom. The second kappa shape index (κ2) is 5.84.